The fourth-order valence-electron chi connectivity index (χ4n) is 1.76. The molecular weight excluding hydrogens is 308 g/mol. The molecule has 0 saturated heterocycles. The Kier molecular flexibility index (Phi) is 3.72. The van der Waals surface area contributed by atoms with Gasteiger partial charge in [0.25, 0.3) is 5.69 Å². The Bertz CT molecular complexity index is 786. The fraction of sp³-hybridized carbons (Fsp3) is 0.0769. The molecule has 3 aromatic rings. The molecule has 0 aliphatic heterocycles. The predicted octanol–water partition coefficient (Wildman–Crippen LogP) is 3.79. The van der Waals surface area contributed by atoms with Crippen LogP contribution < -0.4 is 5.32 Å². The van der Waals surface area contributed by atoms with E-state index in [1.165, 1.54) is 23.9 Å². The number of hydrogen-bond donors (Lipinski definition) is 1. The van der Waals surface area contributed by atoms with E-state index < -0.39 is 4.92 Å². The van der Waals surface area contributed by atoms with Gasteiger partial charge in [-0.3, -0.25) is 10.1 Å². The van der Waals surface area contributed by atoms with E-state index in [0.717, 1.165) is 14.6 Å². The molecule has 2 aromatic heterocycles. The van der Waals surface area contributed by atoms with Crippen molar-refractivity contribution in [1.82, 2.24) is 9.97 Å². The van der Waals surface area contributed by atoms with Gasteiger partial charge in [-0.15, -0.1) is 11.3 Å². The van der Waals surface area contributed by atoms with Crippen molar-refractivity contribution in [1.29, 1.82) is 0 Å². The van der Waals surface area contributed by atoms with Crippen molar-refractivity contribution < 1.29 is 4.92 Å². The molecule has 3 rings (SSSR count). The van der Waals surface area contributed by atoms with Crippen molar-refractivity contribution in [3.05, 3.63) is 46.5 Å². The highest BCUT2D eigenvalue weighted by atomic mass is 32.2. The fourth-order valence-corrected chi connectivity index (χ4v) is 3.80. The summed E-state index contributed by atoms with van der Waals surface area (Å²) in [6.45, 7) is 0. The summed E-state index contributed by atoms with van der Waals surface area (Å²) in [6.07, 6.45) is 0. The third kappa shape index (κ3) is 2.96. The number of nitrogens with zero attached hydrogens (tertiary/aromatic N) is 3. The SMILES string of the molecule is CNc1cc([N+](=O)[O-])cc(Sc2nc3ccccc3s2)n1. The molecule has 1 aromatic carbocycles. The first-order valence-corrected chi connectivity index (χ1v) is 7.66. The molecule has 8 heteroatoms. The lowest BCUT2D eigenvalue weighted by Gasteiger charge is -2.02. The summed E-state index contributed by atoms with van der Waals surface area (Å²) in [5, 5.41) is 14.3. The van der Waals surface area contributed by atoms with Crippen LogP contribution in [0, 0.1) is 10.1 Å². The van der Waals surface area contributed by atoms with Crippen molar-refractivity contribution in [2.45, 2.75) is 9.37 Å². The van der Waals surface area contributed by atoms with Gasteiger partial charge in [0.15, 0.2) is 4.34 Å². The van der Waals surface area contributed by atoms with Crippen molar-refractivity contribution in [3.63, 3.8) is 0 Å². The third-order valence-corrected chi connectivity index (χ3v) is 4.73. The zero-order valence-corrected chi connectivity index (χ0v) is 12.6. The van der Waals surface area contributed by atoms with Gasteiger partial charge >= 0.3 is 0 Å². The third-order valence-electron chi connectivity index (χ3n) is 2.72. The summed E-state index contributed by atoms with van der Waals surface area (Å²) in [5.74, 6) is 0.466. The van der Waals surface area contributed by atoms with Crippen molar-refractivity contribution in [2.24, 2.45) is 0 Å². The zero-order valence-electron chi connectivity index (χ0n) is 10.9. The topological polar surface area (TPSA) is 81.0 Å². The Morgan fingerprint density at radius 1 is 1.29 bits per heavy atom. The van der Waals surface area contributed by atoms with Gasteiger partial charge < -0.3 is 5.32 Å². The number of benzene rings is 1. The lowest BCUT2D eigenvalue weighted by molar-refractivity contribution is -0.385. The first kappa shape index (κ1) is 13.8. The summed E-state index contributed by atoms with van der Waals surface area (Å²) in [6, 6.07) is 10.7. The van der Waals surface area contributed by atoms with Gasteiger partial charge in [0.2, 0.25) is 0 Å². The smallest absolute Gasteiger partial charge is 0.275 e. The van der Waals surface area contributed by atoms with Crippen LogP contribution in [0.4, 0.5) is 11.5 Å². The maximum absolute atomic E-state index is 10.9. The molecule has 21 heavy (non-hydrogen) atoms. The molecule has 0 saturated carbocycles. The van der Waals surface area contributed by atoms with Crippen LogP contribution in [0.3, 0.4) is 0 Å². The van der Waals surface area contributed by atoms with E-state index in [0.29, 0.717) is 10.8 Å². The Labute approximate surface area is 128 Å². The minimum atomic E-state index is -0.426. The molecule has 0 atom stereocenters. The largest absolute Gasteiger partial charge is 0.373 e. The minimum absolute atomic E-state index is 0.0120. The summed E-state index contributed by atoms with van der Waals surface area (Å²) in [5.41, 5.74) is 0.933. The Hall–Kier alpha value is -2.19. The summed E-state index contributed by atoms with van der Waals surface area (Å²) >= 11 is 2.87. The van der Waals surface area contributed by atoms with Crippen LogP contribution in [0.2, 0.25) is 0 Å². The van der Waals surface area contributed by atoms with E-state index in [2.05, 4.69) is 15.3 Å². The molecule has 2 heterocycles. The van der Waals surface area contributed by atoms with Crippen molar-refractivity contribution >= 4 is 44.8 Å². The second-order valence-corrected chi connectivity index (χ2v) is 6.40. The average Bonchev–Trinajstić information content (AvgIpc) is 2.88. The van der Waals surface area contributed by atoms with E-state index in [1.54, 1.807) is 18.4 Å². The van der Waals surface area contributed by atoms with Gasteiger partial charge in [-0.1, -0.05) is 12.1 Å². The lowest BCUT2D eigenvalue weighted by Crippen LogP contribution is -1.96. The molecule has 106 valence electrons. The van der Waals surface area contributed by atoms with Gasteiger partial charge in [-0.05, 0) is 23.9 Å². The lowest BCUT2D eigenvalue weighted by atomic mass is 10.3. The van der Waals surface area contributed by atoms with Crippen LogP contribution in [-0.2, 0) is 0 Å². The Balaban J connectivity index is 1.96. The van der Waals surface area contributed by atoms with Crippen molar-refractivity contribution in [2.75, 3.05) is 12.4 Å². The number of hydrogen-bond acceptors (Lipinski definition) is 7. The van der Waals surface area contributed by atoms with Gasteiger partial charge in [0.1, 0.15) is 10.8 Å². The van der Waals surface area contributed by atoms with Crippen LogP contribution in [0.5, 0.6) is 0 Å². The summed E-state index contributed by atoms with van der Waals surface area (Å²) < 4.78 is 1.89. The van der Waals surface area contributed by atoms with Gasteiger partial charge in [-0.2, -0.15) is 0 Å². The monoisotopic (exact) mass is 318 g/mol. The number of rotatable bonds is 4. The van der Waals surface area contributed by atoms with Gasteiger partial charge in [-0.25, -0.2) is 9.97 Å². The molecule has 0 aliphatic rings. The molecule has 0 amide bonds. The Morgan fingerprint density at radius 3 is 2.81 bits per heavy atom. The Morgan fingerprint density at radius 2 is 2.10 bits per heavy atom. The number of fused-ring (bicyclic) bond motifs is 1. The highest BCUT2D eigenvalue weighted by molar-refractivity contribution is 8.01. The molecule has 0 radical (unpaired) electrons. The van der Waals surface area contributed by atoms with Crippen LogP contribution in [0.1, 0.15) is 0 Å². The molecule has 0 unspecified atom stereocenters. The van der Waals surface area contributed by atoms with E-state index in [9.17, 15) is 10.1 Å². The van der Waals surface area contributed by atoms with E-state index >= 15 is 0 Å². The normalized spacial score (nSPS) is 10.7. The highest BCUT2D eigenvalue weighted by Gasteiger charge is 2.13. The van der Waals surface area contributed by atoms with E-state index in [1.807, 2.05) is 24.3 Å². The average molecular weight is 318 g/mol. The summed E-state index contributed by atoms with van der Waals surface area (Å²) in [7, 11) is 1.68. The van der Waals surface area contributed by atoms with E-state index in [4.69, 9.17) is 0 Å². The number of pyridine rings is 1. The first-order chi connectivity index (χ1) is 10.2. The van der Waals surface area contributed by atoms with Crippen molar-refractivity contribution in [3.8, 4) is 0 Å². The van der Waals surface area contributed by atoms with Crippen LogP contribution >= 0.6 is 23.1 Å². The van der Waals surface area contributed by atoms with Gasteiger partial charge in [0.05, 0.1) is 21.2 Å². The summed E-state index contributed by atoms with van der Waals surface area (Å²) in [4.78, 5) is 19.3. The molecular formula is C13H10N4O2S2. The molecule has 0 aliphatic carbocycles. The molecule has 1 N–H and O–H groups in total. The zero-order chi connectivity index (χ0) is 14.8. The van der Waals surface area contributed by atoms with Crippen LogP contribution in [-0.4, -0.2) is 21.9 Å². The number of nitrogens with one attached hydrogen (secondary N) is 1. The number of aromatic nitrogens is 2. The standard InChI is InChI=1S/C13H10N4O2S2/c1-14-11-6-8(17(18)19)7-12(16-11)21-13-15-9-4-2-3-5-10(9)20-13/h2-7H,1H3,(H,14,16). The number of para-hydroxylation sites is 1. The maximum Gasteiger partial charge on any atom is 0.275 e. The molecule has 0 fully saturated rings. The molecule has 0 bridgehead atoms. The molecule has 0 spiro atoms. The predicted molar refractivity (Wildman–Crippen MR) is 84.2 cm³/mol. The number of thiazole rings is 1. The minimum Gasteiger partial charge on any atom is -0.373 e. The second-order valence-electron chi connectivity index (χ2n) is 4.11. The number of anilines is 1. The highest BCUT2D eigenvalue weighted by Crippen LogP contribution is 2.35. The van der Waals surface area contributed by atoms with Crippen LogP contribution in [0.25, 0.3) is 10.2 Å². The van der Waals surface area contributed by atoms with Crippen LogP contribution in [0.15, 0.2) is 45.8 Å². The van der Waals surface area contributed by atoms with Gasteiger partial charge in [0, 0.05) is 13.1 Å². The quantitative estimate of drug-likeness (QED) is 0.582. The van der Waals surface area contributed by atoms with E-state index in [-0.39, 0.29) is 5.69 Å². The number of nitro groups is 1. The first-order valence-electron chi connectivity index (χ1n) is 6.03. The second kappa shape index (κ2) is 5.66. The maximum atomic E-state index is 10.9. The molecule has 6 nitrogen and oxygen atoms in total.